The minimum atomic E-state index is -0.270. The molecule has 3 aromatic carbocycles. The van der Waals surface area contributed by atoms with Crippen LogP contribution in [-0.2, 0) is 13.1 Å². The van der Waals surface area contributed by atoms with Gasteiger partial charge in [0.2, 0.25) is 0 Å². The molecule has 5 rings (SSSR count). The molecule has 186 valence electrons. The van der Waals surface area contributed by atoms with Gasteiger partial charge in [-0.25, -0.2) is 4.68 Å². The van der Waals surface area contributed by atoms with Crippen LogP contribution in [0.3, 0.4) is 0 Å². The third-order valence-corrected chi connectivity index (χ3v) is 6.09. The Balaban J connectivity index is 1.46. The van der Waals surface area contributed by atoms with Gasteiger partial charge in [0.15, 0.2) is 17.2 Å². The summed E-state index contributed by atoms with van der Waals surface area (Å²) < 4.78 is 14.4. The number of aromatic nitrogens is 4. The van der Waals surface area contributed by atoms with Crippen LogP contribution in [0, 0.1) is 0 Å². The maximum atomic E-state index is 13.5. The molecule has 2 aromatic heterocycles. The van der Waals surface area contributed by atoms with Gasteiger partial charge in [-0.2, -0.15) is 10.2 Å². The number of rotatable bonds is 9. The number of benzene rings is 3. The maximum Gasteiger partial charge on any atom is 0.272 e. The van der Waals surface area contributed by atoms with E-state index in [1.807, 2.05) is 95.9 Å². The number of carbonyl (C=O) groups excluding carboxylic acids is 1. The molecular formula is C29H27N5O3. The normalized spacial score (nSPS) is 10.8. The summed E-state index contributed by atoms with van der Waals surface area (Å²) in [5, 5.41) is 12.0. The lowest BCUT2D eigenvalue weighted by Gasteiger charge is -2.12. The van der Waals surface area contributed by atoms with Gasteiger partial charge in [-0.15, -0.1) is 0 Å². The van der Waals surface area contributed by atoms with E-state index in [4.69, 9.17) is 9.47 Å². The van der Waals surface area contributed by atoms with Crippen LogP contribution in [-0.4, -0.2) is 39.7 Å². The van der Waals surface area contributed by atoms with Crippen LogP contribution < -0.4 is 14.8 Å². The fraction of sp³-hybridized carbons (Fsp3) is 0.138. The van der Waals surface area contributed by atoms with Gasteiger partial charge in [0.1, 0.15) is 0 Å². The highest BCUT2D eigenvalue weighted by Gasteiger charge is 2.20. The number of nitrogens with zero attached hydrogens (tertiary/aromatic N) is 4. The zero-order valence-corrected chi connectivity index (χ0v) is 20.7. The Morgan fingerprint density at radius 1 is 0.892 bits per heavy atom. The standard InChI is InChI=1S/C29H27N5O3/c1-36-26-14-13-21(17-27(26)37-2)25-20-34(24-11-4-3-5-12-24)32-28(25)29(35)30-18-22-9-6-7-10-23(22)19-33-16-8-15-31-33/h3-17,20H,18-19H2,1-2H3,(H,30,35). The van der Waals surface area contributed by atoms with Gasteiger partial charge in [-0.05, 0) is 47.0 Å². The zero-order chi connectivity index (χ0) is 25.6. The molecule has 0 spiro atoms. The number of amides is 1. The van der Waals surface area contributed by atoms with Crippen molar-refractivity contribution in [2.45, 2.75) is 13.1 Å². The molecule has 0 fully saturated rings. The number of ether oxygens (including phenoxy) is 2. The summed E-state index contributed by atoms with van der Waals surface area (Å²) in [6, 6.07) is 25.2. The summed E-state index contributed by atoms with van der Waals surface area (Å²) in [6.07, 6.45) is 5.53. The molecule has 0 aliphatic carbocycles. The van der Waals surface area contributed by atoms with Gasteiger partial charge < -0.3 is 14.8 Å². The Morgan fingerprint density at radius 3 is 2.38 bits per heavy atom. The van der Waals surface area contributed by atoms with Gasteiger partial charge in [0, 0.05) is 30.7 Å². The van der Waals surface area contributed by atoms with Gasteiger partial charge >= 0.3 is 0 Å². The van der Waals surface area contributed by atoms with Crippen molar-refractivity contribution in [2.75, 3.05) is 14.2 Å². The Kier molecular flexibility index (Phi) is 6.98. The van der Waals surface area contributed by atoms with Crippen LogP contribution in [0.2, 0.25) is 0 Å². The number of carbonyl (C=O) groups is 1. The fourth-order valence-corrected chi connectivity index (χ4v) is 4.18. The lowest BCUT2D eigenvalue weighted by atomic mass is 10.0. The van der Waals surface area contributed by atoms with Gasteiger partial charge in [0.25, 0.3) is 5.91 Å². The molecule has 5 aromatic rings. The van der Waals surface area contributed by atoms with Gasteiger partial charge in [-0.3, -0.25) is 9.48 Å². The summed E-state index contributed by atoms with van der Waals surface area (Å²) in [6.45, 7) is 0.985. The largest absolute Gasteiger partial charge is 0.493 e. The van der Waals surface area contributed by atoms with E-state index in [9.17, 15) is 4.79 Å². The molecule has 0 saturated heterocycles. The number of methoxy groups -OCH3 is 2. The van der Waals surface area contributed by atoms with Crippen LogP contribution in [0.15, 0.2) is 97.5 Å². The smallest absolute Gasteiger partial charge is 0.272 e. The quantitative estimate of drug-likeness (QED) is 0.321. The second kappa shape index (κ2) is 10.8. The van der Waals surface area contributed by atoms with Gasteiger partial charge in [-0.1, -0.05) is 48.5 Å². The Bertz CT molecular complexity index is 1490. The topological polar surface area (TPSA) is 83.2 Å². The SMILES string of the molecule is COc1ccc(-c2cn(-c3ccccc3)nc2C(=O)NCc2ccccc2Cn2cccn2)cc1OC. The lowest BCUT2D eigenvalue weighted by Crippen LogP contribution is -2.25. The predicted octanol–water partition coefficient (Wildman–Crippen LogP) is 4.73. The molecule has 8 heteroatoms. The van der Waals surface area contributed by atoms with E-state index >= 15 is 0 Å². The first-order valence-electron chi connectivity index (χ1n) is 11.9. The van der Waals surface area contributed by atoms with E-state index in [1.165, 1.54) is 0 Å². The van der Waals surface area contributed by atoms with E-state index in [0.717, 1.165) is 22.4 Å². The molecule has 1 amide bonds. The molecule has 0 bridgehead atoms. The van der Waals surface area contributed by atoms with Crippen molar-refractivity contribution < 1.29 is 14.3 Å². The molecule has 2 heterocycles. The van der Waals surface area contributed by atoms with E-state index in [-0.39, 0.29) is 5.91 Å². The molecule has 0 unspecified atom stereocenters. The Labute approximate surface area is 215 Å². The van der Waals surface area contributed by atoms with Crippen molar-refractivity contribution in [3.63, 3.8) is 0 Å². The molecule has 37 heavy (non-hydrogen) atoms. The molecule has 1 N–H and O–H groups in total. The molecule has 0 aliphatic rings. The van der Waals surface area contributed by atoms with Crippen molar-refractivity contribution >= 4 is 5.91 Å². The third-order valence-electron chi connectivity index (χ3n) is 6.09. The van der Waals surface area contributed by atoms with Crippen molar-refractivity contribution in [2.24, 2.45) is 0 Å². The Hall–Kier alpha value is -4.85. The summed E-state index contributed by atoms with van der Waals surface area (Å²) in [4.78, 5) is 13.5. The van der Waals surface area contributed by atoms with Gasteiger partial charge in [0.05, 0.1) is 26.5 Å². The summed E-state index contributed by atoms with van der Waals surface area (Å²) >= 11 is 0. The maximum absolute atomic E-state index is 13.5. The molecule has 0 saturated carbocycles. The molecule has 0 atom stereocenters. The highest BCUT2D eigenvalue weighted by Crippen LogP contribution is 2.34. The van der Waals surface area contributed by atoms with Crippen LogP contribution in [0.25, 0.3) is 16.8 Å². The van der Waals surface area contributed by atoms with Crippen LogP contribution in [0.1, 0.15) is 21.6 Å². The summed E-state index contributed by atoms with van der Waals surface area (Å²) in [5.41, 5.74) is 4.76. The number of nitrogens with one attached hydrogen (secondary N) is 1. The lowest BCUT2D eigenvalue weighted by molar-refractivity contribution is 0.0946. The Morgan fingerprint density at radius 2 is 1.65 bits per heavy atom. The zero-order valence-electron chi connectivity index (χ0n) is 20.7. The molecule has 0 radical (unpaired) electrons. The fourth-order valence-electron chi connectivity index (χ4n) is 4.18. The monoisotopic (exact) mass is 493 g/mol. The third kappa shape index (κ3) is 5.23. The van der Waals surface area contributed by atoms with Crippen molar-refractivity contribution in [1.29, 1.82) is 0 Å². The number of hydrogen-bond acceptors (Lipinski definition) is 5. The molecule has 8 nitrogen and oxygen atoms in total. The second-order valence-electron chi connectivity index (χ2n) is 8.40. The van der Waals surface area contributed by atoms with Crippen LogP contribution in [0.4, 0.5) is 0 Å². The summed E-state index contributed by atoms with van der Waals surface area (Å²) in [7, 11) is 3.18. The van der Waals surface area contributed by atoms with E-state index in [1.54, 1.807) is 25.1 Å². The first kappa shape index (κ1) is 23.9. The van der Waals surface area contributed by atoms with Crippen molar-refractivity contribution in [1.82, 2.24) is 24.9 Å². The first-order valence-corrected chi connectivity index (χ1v) is 11.9. The van der Waals surface area contributed by atoms with E-state index in [0.29, 0.717) is 35.8 Å². The second-order valence-corrected chi connectivity index (χ2v) is 8.40. The highest BCUT2D eigenvalue weighted by atomic mass is 16.5. The molecule has 0 aliphatic heterocycles. The average Bonchev–Trinajstić information content (AvgIpc) is 3.63. The minimum Gasteiger partial charge on any atom is -0.493 e. The van der Waals surface area contributed by atoms with Crippen molar-refractivity contribution in [3.8, 4) is 28.3 Å². The van der Waals surface area contributed by atoms with E-state index < -0.39 is 0 Å². The first-order chi connectivity index (χ1) is 18.2. The molecular weight excluding hydrogens is 466 g/mol. The number of hydrogen-bond donors (Lipinski definition) is 1. The minimum absolute atomic E-state index is 0.270. The highest BCUT2D eigenvalue weighted by molar-refractivity contribution is 5.99. The van der Waals surface area contributed by atoms with Crippen LogP contribution in [0.5, 0.6) is 11.5 Å². The summed E-state index contributed by atoms with van der Waals surface area (Å²) in [5.74, 6) is 0.918. The average molecular weight is 494 g/mol. The van der Waals surface area contributed by atoms with E-state index in [2.05, 4.69) is 15.5 Å². The predicted molar refractivity (Wildman–Crippen MR) is 141 cm³/mol. The van der Waals surface area contributed by atoms with Crippen LogP contribution >= 0.6 is 0 Å². The van der Waals surface area contributed by atoms with Crippen molar-refractivity contribution in [3.05, 3.63) is 114 Å². The number of para-hydroxylation sites is 1.